The van der Waals surface area contributed by atoms with E-state index in [1.165, 1.54) is 0 Å². The van der Waals surface area contributed by atoms with Crippen molar-refractivity contribution in [3.8, 4) is 0 Å². The van der Waals surface area contributed by atoms with Crippen molar-refractivity contribution < 1.29 is 61.3 Å². The number of nitrogens with zero attached hydrogens (tertiary/aromatic N) is 3. The molecule has 0 aromatic carbocycles. The molecule has 1 aromatic heterocycles. The van der Waals surface area contributed by atoms with E-state index in [-0.39, 0.29) is 63.3 Å². The molecule has 1 rings (SSSR count). The summed E-state index contributed by atoms with van der Waals surface area (Å²) in [6.45, 7) is 6.33. The van der Waals surface area contributed by atoms with Crippen LogP contribution in [0, 0.1) is 0 Å². The molecule has 6 nitrogen and oxygen atoms in total. The summed E-state index contributed by atoms with van der Waals surface area (Å²) in [4.78, 5) is 11.4. The summed E-state index contributed by atoms with van der Waals surface area (Å²) in [6.07, 6.45) is 5.03. The van der Waals surface area contributed by atoms with E-state index in [0.29, 0.717) is 12.8 Å². The summed E-state index contributed by atoms with van der Waals surface area (Å²) < 4.78 is 1.77. The van der Waals surface area contributed by atoms with Crippen molar-refractivity contribution in [2.75, 3.05) is 0 Å². The van der Waals surface area contributed by atoms with Crippen LogP contribution in [-0.2, 0) is 17.8 Å². The Bertz CT molecular complexity index is 407. The van der Waals surface area contributed by atoms with Gasteiger partial charge in [0, 0.05) is 25.2 Å². The third kappa shape index (κ3) is 10.5. The van der Waals surface area contributed by atoms with Gasteiger partial charge in [-0.1, -0.05) is 18.6 Å². The van der Waals surface area contributed by atoms with Gasteiger partial charge in [0.25, 0.3) is 0 Å². The van der Waals surface area contributed by atoms with E-state index in [9.17, 15) is 9.90 Å². The van der Waals surface area contributed by atoms with Crippen LogP contribution in [0.2, 0.25) is 0 Å². The Hall–Kier alpha value is 0.206. The molecule has 0 spiro atoms. The topological polar surface area (TPSA) is 82.9 Å². The van der Waals surface area contributed by atoms with Crippen LogP contribution in [0.3, 0.4) is 0 Å². The summed E-state index contributed by atoms with van der Waals surface area (Å²) in [5.41, 5.74) is 0.754. The van der Waals surface area contributed by atoms with Crippen LogP contribution < -0.4 is 61.8 Å². The second-order valence-corrected chi connectivity index (χ2v) is 5.52. The third-order valence-corrected chi connectivity index (χ3v) is 2.82. The summed E-state index contributed by atoms with van der Waals surface area (Å²) in [7, 11) is 0. The van der Waals surface area contributed by atoms with Crippen molar-refractivity contribution in [1.29, 1.82) is 0 Å². The molecule has 1 N–H and O–H groups in total. The minimum absolute atomic E-state index is 0. The van der Waals surface area contributed by atoms with Crippen molar-refractivity contribution in [2.45, 2.75) is 71.6 Å². The second kappa shape index (κ2) is 11.7. The molecule has 21 heavy (non-hydrogen) atoms. The van der Waals surface area contributed by atoms with Crippen molar-refractivity contribution in [3.63, 3.8) is 0 Å². The van der Waals surface area contributed by atoms with Crippen LogP contribution in [0.4, 0.5) is 0 Å². The molecule has 1 heterocycles. The average Bonchev–Trinajstić information content (AvgIpc) is 2.74. The largest absolute Gasteiger partial charge is 1.00 e. The van der Waals surface area contributed by atoms with Gasteiger partial charge in [-0.3, -0.25) is 9.48 Å². The van der Waals surface area contributed by atoms with E-state index in [2.05, 4.69) is 15.6 Å². The average molecular weight is 320 g/mol. The summed E-state index contributed by atoms with van der Waals surface area (Å²) in [6, 6.07) is 0.208. The first-order valence-corrected chi connectivity index (χ1v) is 7.31. The minimum Gasteiger partial charge on any atom is -0.852 e. The fourth-order valence-electron chi connectivity index (χ4n) is 1.97. The van der Waals surface area contributed by atoms with Crippen molar-refractivity contribution in [1.82, 2.24) is 20.3 Å². The number of aromatic nitrogens is 3. The maximum Gasteiger partial charge on any atom is 1.00 e. The first kappa shape index (κ1) is 21.2. The zero-order valence-corrected chi connectivity index (χ0v) is 16.8. The Morgan fingerprint density at radius 3 is 2.67 bits per heavy atom. The predicted molar refractivity (Wildman–Crippen MR) is 74.9 cm³/mol. The predicted octanol–water partition coefficient (Wildman–Crippen LogP) is -2.34. The number of amides is 1. The Balaban J connectivity index is 0.00000400. The van der Waals surface area contributed by atoms with Gasteiger partial charge < -0.3 is 10.4 Å². The van der Waals surface area contributed by atoms with Gasteiger partial charge in [0.1, 0.15) is 0 Å². The van der Waals surface area contributed by atoms with Crippen LogP contribution in [-0.4, -0.2) is 33.0 Å². The Morgan fingerprint density at radius 2 is 2.05 bits per heavy atom. The zero-order valence-electron chi connectivity index (χ0n) is 13.6. The Labute approximate surface area is 169 Å². The number of aryl methyl sites for hydroxylation is 1. The van der Waals surface area contributed by atoms with E-state index < -0.39 is 6.10 Å². The monoisotopic (exact) mass is 320 g/mol. The van der Waals surface area contributed by atoms with Gasteiger partial charge in [-0.2, -0.15) is 0 Å². The summed E-state index contributed by atoms with van der Waals surface area (Å²) >= 11 is 0. The van der Waals surface area contributed by atoms with Crippen molar-refractivity contribution in [2.24, 2.45) is 0 Å². The molecule has 0 saturated heterocycles. The van der Waals surface area contributed by atoms with Crippen LogP contribution in [0.25, 0.3) is 0 Å². The van der Waals surface area contributed by atoms with Gasteiger partial charge in [-0.25, -0.2) is 0 Å². The SMILES string of the molecule is CC([O-])Cc1cn(CCCCCC(=O)NC(C)C)nn1.[K+]. The molecular weight excluding hydrogens is 295 g/mol. The summed E-state index contributed by atoms with van der Waals surface area (Å²) in [5.74, 6) is 0.118. The number of rotatable bonds is 9. The van der Waals surface area contributed by atoms with Gasteiger partial charge in [0.2, 0.25) is 5.91 Å². The second-order valence-electron chi connectivity index (χ2n) is 5.52. The third-order valence-electron chi connectivity index (χ3n) is 2.82. The molecule has 1 atom stereocenters. The Kier molecular flexibility index (Phi) is 11.8. The maximum absolute atomic E-state index is 11.4. The van der Waals surface area contributed by atoms with Crippen LogP contribution in [0.5, 0.6) is 0 Å². The number of hydrogen-bond donors (Lipinski definition) is 1. The van der Waals surface area contributed by atoms with E-state index in [4.69, 9.17) is 0 Å². The number of nitrogens with one attached hydrogen (secondary N) is 1. The normalized spacial score (nSPS) is 12.0. The van der Waals surface area contributed by atoms with Gasteiger partial charge >= 0.3 is 51.4 Å². The smallest absolute Gasteiger partial charge is 0.852 e. The molecule has 1 unspecified atom stereocenters. The summed E-state index contributed by atoms with van der Waals surface area (Å²) in [5, 5.41) is 21.9. The van der Waals surface area contributed by atoms with Crippen LogP contribution in [0.1, 0.15) is 52.1 Å². The molecule has 114 valence electrons. The minimum atomic E-state index is -0.639. The maximum atomic E-state index is 11.4. The molecule has 0 bridgehead atoms. The quantitative estimate of drug-likeness (QED) is 0.408. The van der Waals surface area contributed by atoms with Gasteiger partial charge in [0.15, 0.2) is 0 Å². The molecule has 0 aliphatic heterocycles. The first-order valence-electron chi connectivity index (χ1n) is 7.31. The molecule has 0 saturated carbocycles. The number of hydrogen-bond acceptors (Lipinski definition) is 4. The number of carbonyl (C=O) groups is 1. The van der Waals surface area contributed by atoms with Crippen LogP contribution in [0.15, 0.2) is 6.20 Å². The molecule has 0 aliphatic rings. The fraction of sp³-hybridized carbons (Fsp3) is 0.786. The van der Waals surface area contributed by atoms with Crippen molar-refractivity contribution in [3.05, 3.63) is 11.9 Å². The van der Waals surface area contributed by atoms with E-state index in [0.717, 1.165) is 31.5 Å². The molecule has 0 radical (unpaired) electrons. The number of carbonyl (C=O) groups excluding carboxylic acids is 1. The standard InChI is InChI=1S/C14H25N4O2.K/c1-11(2)15-14(20)7-5-4-6-8-18-10-13(16-17-18)9-12(3)19;/h10-12H,4-9H2,1-3H3,(H,15,20);/q-1;+1. The van der Waals surface area contributed by atoms with E-state index in [1.807, 2.05) is 20.0 Å². The Morgan fingerprint density at radius 1 is 1.33 bits per heavy atom. The van der Waals surface area contributed by atoms with Gasteiger partial charge in [-0.15, -0.1) is 11.2 Å². The molecule has 1 aromatic rings. The molecule has 7 heteroatoms. The first-order chi connectivity index (χ1) is 9.47. The van der Waals surface area contributed by atoms with E-state index >= 15 is 0 Å². The van der Waals surface area contributed by atoms with Crippen molar-refractivity contribution >= 4 is 5.91 Å². The molecule has 0 fully saturated rings. The van der Waals surface area contributed by atoms with Crippen LogP contribution >= 0.6 is 0 Å². The molecule has 0 aliphatic carbocycles. The fourth-order valence-corrected chi connectivity index (χ4v) is 1.97. The van der Waals surface area contributed by atoms with Gasteiger partial charge in [0.05, 0.1) is 5.69 Å². The number of unbranched alkanes of at least 4 members (excludes halogenated alkanes) is 2. The van der Waals surface area contributed by atoms with Gasteiger partial charge in [-0.05, 0) is 33.1 Å². The molecular formula is C14H25KN4O2. The zero-order chi connectivity index (χ0) is 15.0. The molecule has 1 amide bonds. The van der Waals surface area contributed by atoms with E-state index in [1.54, 1.807) is 11.6 Å².